The van der Waals surface area contributed by atoms with Crippen molar-refractivity contribution in [2.24, 2.45) is 0 Å². The van der Waals surface area contributed by atoms with Gasteiger partial charge in [0.1, 0.15) is 0 Å². The van der Waals surface area contributed by atoms with Crippen molar-refractivity contribution in [1.29, 1.82) is 0 Å². The summed E-state index contributed by atoms with van der Waals surface area (Å²) < 4.78 is 22.4. The molecule has 3 heterocycles. The maximum absolute atomic E-state index is 15.6. The predicted molar refractivity (Wildman–Crippen MR) is 114 cm³/mol. The van der Waals surface area contributed by atoms with Gasteiger partial charge in [0.15, 0.2) is 5.82 Å². The largest absolute Gasteiger partial charge is 0.378 e. The van der Waals surface area contributed by atoms with Crippen LogP contribution in [0.5, 0.6) is 0 Å². The highest BCUT2D eigenvalue weighted by atomic mass is 32.1. The van der Waals surface area contributed by atoms with E-state index in [2.05, 4.69) is 53.1 Å². The van der Waals surface area contributed by atoms with Gasteiger partial charge in [-0.1, -0.05) is 31.2 Å². The number of morpholine rings is 1. The second kappa shape index (κ2) is 7.47. The van der Waals surface area contributed by atoms with Crippen LogP contribution in [0.2, 0.25) is 0 Å². The summed E-state index contributed by atoms with van der Waals surface area (Å²) in [5, 5.41) is 1.28. The maximum atomic E-state index is 15.6. The average molecular weight is 397 g/mol. The summed E-state index contributed by atoms with van der Waals surface area (Å²) in [5.74, 6) is 0.193. The van der Waals surface area contributed by atoms with Crippen molar-refractivity contribution in [1.82, 2.24) is 4.90 Å². The monoisotopic (exact) mass is 396 g/mol. The lowest BCUT2D eigenvalue weighted by Gasteiger charge is -2.36. The van der Waals surface area contributed by atoms with Gasteiger partial charge in [-0.25, -0.2) is 4.39 Å². The second-order valence-electron chi connectivity index (χ2n) is 7.63. The minimum Gasteiger partial charge on any atom is -0.378 e. The van der Waals surface area contributed by atoms with Crippen molar-refractivity contribution in [2.45, 2.75) is 19.4 Å². The van der Waals surface area contributed by atoms with Crippen molar-refractivity contribution in [3.8, 4) is 0 Å². The summed E-state index contributed by atoms with van der Waals surface area (Å²) in [6, 6.07) is 15.0. The Balaban J connectivity index is 1.58. The minimum atomic E-state index is -0.0383. The molecule has 1 unspecified atom stereocenters. The number of hydrogen-bond acceptors (Lipinski definition) is 4. The molecule has 0 saturated carbocycles. The first kappa shape index (κ1) is 18.1. The number of fused-ring (bicyclic) bond motifs is 2. The standard InChI is InChI=1S/C23H25FN2OS/c1-2-25-14-18(22-13-16-5-3-4-6-21(16)28-22)17-7-8-20(23(24)19(17)15-25)26-9-11-27-12-10-26/h3-8,13,18H,2,9-12,14-15H2,1H3. The number of thiophene rings is 1. The fourth-order valence-electron chi connectivity index (χ4n) is 4.46. The summed E-state index contributed by atoms with van der Waals surface area (Å²) in [5.41, 5.74) is 2.76. The molecule has 0 amide bonds. The topological polar surface area (TPSA) is 15.7 Å². The summed E-state index contributed by atoms with van der Waals surface area (Å²) in [6.45, 7) is 7.59. The number of likely N-dealkylation sites (N-methyl/N-ethyl adjacent to an activating group) is 1. The molecule has 0 radical (unpaired) electrons. The van der Waals surface area contributed by atoms with Gasteiger partial charge in [0.25, 0.3) is 0 Å². The van der Waals surface area contributed by atoms with Crippen LogP contribution in [0.4, 0.5) is 10.1 Å². The van der Waals surface area contributed by atoms with Gasteiger partial charge in [-0.2, -0.15) is 0 Å². The van der Waals surface area contributed by atoms with E-state index in [1.807, 2.05) is 17.4 Å². The number of ether oxygens (including phenoxy) is 1. The zero-order valence-corrected chi connectivity index (χ0v) is 17.0. The van der Waals surface area contributed by atoms with E-state index in [-0.39, 0.29) is 11.7 Å². The zero-order valence-electron chi connectivity index (χ0n) is 16.2. The molecule has 146 valence electrons. The van der Waals surface area contributed by atoms with Crippen molar-refractivity contribution in [3.05, 3.63) is 64.3 Å². The Hall–Kier alpha value is -1.95. The number of halogens is 1. The fraction of sp³-hybridized carbons (Fsp3) is 0.391. The minimum absolute atomic E-state index is 0.0383. The molecule has 2 aromatic carbocycles. The quantitative estimate of drug-likeness (QED) is 0.630. The number of hydrogen-bond donors (Lipinski definition) is 0. The second-order valence-corrected chi connectivity index (χ2v) is 8.75. The van der Waals surface area contributed by atoms with Gasteiger partial charge in [-0.05, 0) is 35.7 Å². The molecule has 1 saturated heterocycles. The van der Waals surface area contributed by atoms with E-state index in [0.717, 1.165) is 43.0 Å². The molecule has 5 rings (SSSR count). The van der Waals surface area contributed by atoms with E-state index in [1.54, 1.807) is 0 Å². The van der Waals surface area contributed by atoms with Crippen LogP contribution in [0.25, 0.3) is 10.1 Å². The van der Waals surface area contributed by atoms with Gasteiger partial charge in [0.2, 0.25) is 0 Å². The number of anilines is 1. The molecule has 0 aliphatic carbocycles. The van der Waals surface area contributed by atoms with E-state index in [1.165, 1.54) is 15.0 Å². The lowest BCUT2D eigenvalue weighted by molar-refractivity contribution is 0.122. The average Bonchev–Trinajstić information content (AvgIpc) is 3.18. The summed E-state index contributed by atoms with van der Waals surface area (Å²) >= 11 is 1.84. The van der Waals surface area contributed by atoms with Gasteiger partial charge < -0.3 is 9.64 Å². The molecule has 0 bridgehead atoms. The van der Waals surface area contributed by atoms with Gasteiger partial charge in [0.05, 0.1) is 18.9 Å². The van der Waals surface area contributed by atoms with Gasteiger partial charge in [0, 0.05) is 47.2 Å². The highest BCUT2D eigenvalue weighted by Gasteiger charge is 2.31. The molecule has 1 fully saturated rings. The molecule has 0 N–H and O–H groups in total. The van der Waals surface area contributed by atoms with Crippen molar-refractivity contribution < 1.29 is 9.13 Å². The summed E-state index contributed by atoms with van der Waals surface area (Å²) in [4.78, 5) is 5.82. The van der Waals surface area contributed by atoms with Crippen molar-refractivity contribution in [2.75, 3.05) is 44.3 Å². The first-order valence-electron chi connectivity index (χ1n) is 10.1. The van der Waals surface area contributed by atoms with E-state index in [0.29, 0.717) is 19.8 Å². The molecule has 28 heavy (non-hydrogen) atoms. The molecule has 5 heteroatoms. The molecule has 3 aromatic rings. The Morgan fingerprint density at radius 3 is 2.75 bits per heavy atom. The van der Waals surface area contributed by atoms with Crippen LogP contribution in [0.1, 0.15) is 28.8 Å². The van der Waals surface area contributed by atoms with Gasteiger partial charge >= 0.3 is 0 Å². The number of benzene rings is 2. The lowest BCUT2D eigenvalue weighted by Crippen LogP contribution is -2.38. The predicted octanol–water partition coefficient (Wildman–Crippen LogP) is 4.84. The zero-order chi connectivity index (χ0) is 19.1. The smallest absolute Gasteiger partial charge is 0.151 e. The van der Waals surface area contributed by atoms with Crippen molar-refractivity contribution >= 4 is 27.1 Å². The van der Waals surface area contributed by atoms with Crippen molar-refractivity contribution in [3.63, 3.8) is 0 Å². The molecule has 2 aliphatic rings. The van der Waals surface area contributed by atoms with E-state index in [4.69, 9.17) is 4.74 Å². The molecule has 0 spiro atoms. The van der Waals surface area contributed by atoms with Crippen LogP contribution >= 0.6 is 11.3 Å². The Kier molecular flexibility index (Phi) is 4.83. The normalized spacial score (nSPS) is 20.5. The Bertz CT molecular complexity index is 962. The number of rotatable bonds is 3. The van der Waals surface area contributed by atoms with E-state index < -0.39 is 0 Å². The Labute approximate surface area is 169 Å². The van der Waals surface area contributed by atoms with E-state index in [9.17, 15) is 0 Å². The van der Waals surface area contributed by atoms with Crippen LogP contribution in [0.15, 0.2) is 42.5 Å². The summed E-state index contributed by atoms with van der Waals surface area (Å²) in [7, 11) is 0. The highest BCUT2D eigenvalue weighted by molar-refractivity contribution is 7.19. The first-order chi connectivity index (χ1) is 13.7. The molecule has 3 nitrogen and oxygen atoms in total. The first-order valence-corrected chi connectivity index (χ1v) is 10.9. The van der Waals surface area contributed by atoms with Crippen LogP contribution in [-0.4, -0.2) is 44.3 Å². The molecule has 1 atom stereocenters. The van der Waals surface area contributed by atoms with Crippen LogP contribution in [0.3, 0.4) is 0 Å². The van der Waals surface area contributed by atoms with Crippen LogP contribution < -0.4 is 4.90 Å². The Morgan fingerprint density at radius 2 is 1.96 bits per heavy atom. The third kappa shape index (κ3) is 3.11. The molecule has 2 aliphatic heterocycles. The fourth-order valence-corrected chi connectivity index (χ4v) is 5.64. The van der Waals surface area contributed by atoms with Crippen LogP contribution in [-0.2, 0) is 11.3 Å². The Morgan fingerprint density at radius 1 is 1.14 bits per heavy atom. The van der Waals surface area contributed by atoms with Crippen LogP contribution in [0, 0.1) is 5.82 Å². The third-order valence-corrected chi connectivity index (χ3v) is 7.27. The number of nitrogens with zero attached hydrogens (tertiary/aromatic N) is 2. The molecular weight excluding hydrogens is 371 g/mol. The third-order valence-electron chi connectivity index (χ3n) is 6.04. The molecular formula is C23H25FN2OS. The van der Waals surface area contributed by atoms with Gasteiger partial charge in [-0.3, -0.25) is 4.90 Å². The SMILES string of the molecule is CCN1Cc2c(ccc(N3CCOCC3)c2F)C(c2cc3ccccc3s2)C1. The van der Waals surface area contributed by atoms with E-state index >= 15 is 4.39 Å². The highest BCUT2D eigenvalue weighted by Crippen LogP contribution is 2.41. The lowest BCUT2D eigenvalue weighted by atomic mass is 9.87. The summed E-state index contributed by atoms with van der Waals surface area (Å²) in [6.07, 6.45) is 0. The molecule has 1 aromatic heterocycles. The van der Waals surface area contributed by atoms with Gasteiger partial charge in [-0.15, -0.1) is 11.3 Å². The maximum Gasteiger partial charge on any atom is 0.151 e.